The Balaban J connectivity index is 3.61. The quantitative estimate of drug-likeness (QED) is 0.614. The Hall–Kier alpha value is -0.630. The molecule has 0 aromatic heterocycles. The van der Waals surface area contributed by atoms with Gasteiger partial charge in [0.15, 0.2) is 0 Å². The topological polar surface area (TPSA) is 42.3 Å². The number of rotatable bonds is 9. The summed E-state index contributed by atoms with van der Waals surface area (Å²) in [6.45, 7) is 5.28. The van der Waals surface area contributed by atoms with E-state index in [0.717, 1.165) is 38.9 Å². The van der Waals surface area contributed by atoms with Gasteiger partial charge in [0.1, 0.15) is 5.54 Å². The number of unbranched alkanes of at least 4 members (excludes halogenated alkanes) is 1. The first-order chi connectivity index (χ1) is 7.93. The molecule has 0 amide bonds. The minimum absolute atomic E-state index is 0.359. The lowest BCUT2D eigenvalue weighted by molar-refractivity contribution is 0.274. The number of hydrogen-bond donors (Lipinski definition) is 1. The van der Waals surface area contributed by atoms with E-state index in [0.29, 0.717) is 0 Å². The molecule has 4 heteroatoms. The zero-order chi connectivity index (χ0) is 13.3. The second-order valence-electron chi connectivity index (χ2n) is 5.26. The lowest BCUT2D eigenvalue weighted by Crippen LogP contribution is -2.38. The predicted molar refractivity (Wildman–Crippen MR) is 73.0 cm³/mol. The molecule has 100 valence electrons. The Kier molecular flexibility index (Phi) is 8.15. The van der Waals surface area contributed by atoms with Gasteiger partial charge in [-0.15, -0.1) is 0 Å². The maximum absolute atomic E-state index is 9.01. The van der Waals surface area contributed by atoms with Gasteiger partial charge in [0.05, 0.1) is 6.07 Å². The third-order valence-electron chi connectivity index (χ3n) is 3.19. The van der Waals surface area contributed by atoms with Gasteiger partial charge in [-0.1, -0.05) is 0 Å². The van der Waals surface area contributed by atoms with Crippen LogP contribution in [-0.4, -0.2) is 63.2 Å². The second kappa shape index (κ2) is 8.46. The molecule has 0 saturated carbocycles. The molecule has 0 aromatic rings. The van der Waals surface area contributed by atoms with Crippen LogP contribution in [0.4, 0.5) is 0 Å². The number of nitriles is 1. The maximum atomic E-state index is 9.01. The highest BCUT2D eigenvalue weighted by atomic mass is 15.1. The highest BCUT2D eigenvalue weighted by Gasteiger charge is 2.19. The van der Waals surface area contributed by atoms with Crippen molar-refractivity contribution in [1.82, 2.24) is 15.1 Å². The zero-order valence-corrected chi connectivity index (χ0v) is 12.1. The molecule has 0 bridgehead atoms. The summed E-state index contributed by atoms with van der Waals surface area (Å²) in [4.78, 5) is 4.55. The standard InChI is InChI=1S/C13H28N4/c1-13(12-14,15-2)8-6-7-9-17(5)11-10-16(3)4/h15H,6-11H2,1-5H3. The van der Waals surface area contributed by atoms with E-state index >= 15 is 0 Å². The van der Waals surface area contributed by atoms with Crippen LogP contribution >= 0.6 is 0 Å². The van der Waals surface area contributed by atoms with Crippen molar-refractivity contribution in [3.63, 3.8) is 0 Å². The summed E-state index contributed by atoms with van der Waals surface area (Å²) in [5.74, 6) is 0. The van der Waals surface area contributed by atoms with Gasteiger partial charge >= 0.3 is 0 Å². The van der Waals surface area contributed by atoms with E-state index in [1.807, 2.05) is 14.0 Å². The zero-order valence-electron chi connectivity index (χ0n) is 12.1. The summed E-state index contributed by atoms with van der Waals surface area (Å²) >= 11 is 0. The van der Waals surface area contributed by atoms with E-state index in [1.165, 1.54) is 0 Å². The first kappa shape index (κ1) is 16.4. The van der Waals surface area contributed by atoms with E-state index in [-0.39, 0.29) is 5.54 Å². The van der Waals surface area contributed by atoms with E-state index in [9.17, 15) is 0 Å². The largest absolute Gasteiger partial charge is 0.308 e. The second-order valence-corrected chi connectivity index (χ2v) is 5.26. The van der Waals surface area contributed by atoms with Gasteiger partial charge in [-0.25, -0.2) is 0 Å². The Labute approximate surface area is 107 Å². The average Bonchev–Trinajstić information content (AvgIpc) is 2.31. The summed E-state index contributed by atoms with van der Waals surface area (Å²) in [5.41, 5.74) is -0.359. The maximum Gasteiger partial charge on any atom is 0.103 e. The molecule has 0 fully saturated rings. The molecular weight excluding hydrogens is 212 g/mol. The van der Waals surface area contributed by atoms with Gasteiger partial charge in [-0.2, -0.15) is 5.26 Å². The molecule has 0 aromatic carbocycles. The molecule has 0 aliphatic heterocycles. The van der Waals surface area contributed by atoms with E-state index < -0.39 is 0 Å². The molecule has 0 rings (SSSR count). The first-order valence-electron chi connectivity index (χ1n) is 6.37. The molecule has 0 saturated heterocycles. The monoisotopic (exact) mass is 240 g/mol. The van der Waals surface area contributed by atoms with Crippen molar-refractivity contribution >= 4 is 0 Å². The lowest BCUT2D eigenvalue weighted by Gasteiger charge is -2.22. The van der Waals surface area contributed by atoms with Crippen LogP contribution in [0, 0.1) is 11.3 Å². The third-order valence-corrected chi connectivity index (χ3v) is 3.19. The molecule has 1 unspecified atom stereocenters. The molecular formula is C13H28N4. The van der Waals surface area contributed by atoms with Crippen LogP contribution in [0.1, 0.15) is 26.2 Å². The normalized spacial score (nSPS) is 14.9. The minimum Gasteiger partial charge on any atom is -0.308 e. The van der Waals surface area contributed by atoms with Gasteiger partial charge in [-0.05, 0) is 60.9 Å². The van der Waals surface area contributed by atoms with Crippen molar-refractivity contribution in [2.24, 2.45) is 0 Å². The van der Waals surface area contributed by atoms with Crippen molar-refractivity contribution in [1.29, 1.82) is 5.26 Å². The fourth-order valence-corrected chi connectivity index (χ4v) is 1.58. The van der Waals surface area contributed by atoms with Gasteiger partial charge in [0.25, 0.3) is 0 Å². The van der Waals surface area contributed by atoms with Gasteiger partial charge in [0, 0.05) is 13.1 Å². The molecule has 1 N–H and O–H groups in total. The van der Waals surface area contributed by atoms with Gasteiger partial charge < -0.3 is 15.1 Å². The predicted octanol–water partition coefficient (Wildman–Crippen LogP) is 1.15. The van der Waals surface area contributed by atoms with Crippen molar-refractivity contribution in [2.45, 2.75) is 31.7 Å². The van der Waals surface area contributed by atoms with Gasteiger partial charge in [0.2, 0.25) is 0 Å². The van der Waals surface area contributed by atoms with Crippen LogP contribution in [0.2, 0.25) is 0 Å². The summed E-state index contributed by atoms with van der Waals surface area (Å²) in [6, 6.07) is 2.32. The molecule has 0 aliphatic carbocycles. The van der Waals surface area contributed by atoms with E-state index in [4.69, 9.17) is 5.26 Å². The van der Waals surface area contributed by atoms with Crippen LogP contribution in [-0.2, 0) is 0 Å². The van der Waals surface area contributed by atoms with E-state index in [2.05, 4.69) is 42.3 Å². The molecule has 0 radical (unpaired) electrons. The van der Waals surface area contributed by atoms with E-state index in [1.54, 1.807) is 0 Å². The van der Waals surface area contributed by atoms with Crippen molar-refractivity contribution < 1.29 is 0 Å². The van der Waals surface area contributed by atoms with Crippen molar-refractivity contribution in [2.75, 3.05) is 47.8 Å². The average molecular weight is 240 g/mol. The molecule has 17 heavy (non-hydrogen) atoms. The molecule has 0 spiro atoms. The fourth-order valence-electron chi connectivity index (χ4n) is 1.58. The number of hydrogen-bond acceptors (Lipinski definition) is 4. The van der Waals surface area contributed by atoms with Crippen LogP contribution in [0.3, 0.4) is 0 Å². The Morgan fingerprint density at radius 3 is 2.24 bits per heavy atom. The van der Waals surface area contributed by atoms with Crippen molar-refractivity contribution in [3.8, 4) is 6.07 Å². The first-order valence-corrected chi connectivity index (χ1v) is 6.37. The summed E-state index contributed by atoms with van der Waals surface area (Å²) in [6.07, 6.45) is 3.17. The highest BCUT2D eigenvalue weighted by molar-refractivity contribution is 5.02. The fraction of sp³-hybridized carbons (Fsp3) is 0.923. The van der Waals surface area contributed by atoms with Crippen LogP contribution in [0.25, 0.3) is 0 Å². The Morgan fingerprint density at radius 2 is 1.76 bits per heavy atom. The number of nitrogens with zero attached hydrogens (tertiary/aromatic N) is 3. The van der Waals surface area contributed by atoms with Crippen molar-refractivity contribution in [3.05, 3.63) is 0 Å². The lowest BCUT2D eigenvalue weighted by atomic mass is 9.97. The third kappa shape index (κ3) is 8.14. The minimum atomic E-state index is -0.359. The number of likely N-dealkylation sites (N-methyl/N-ethyl adjacent to an activating group) is 2. The van der Waals surface area contributed by atoms with Gasteiger partial charge in [-0.3, -0.25) is 0 Å². The molecule has 0 aliphatic rings. The Morgan fingerprint density at radius 1 is 1.12 bits per heavy atom. The summed E-state index contributed by atoms with van der Waals surface area (Å²) in [7, 11) is 8.20. The Bertz CT molecular complexity index is 234. The van der Waals surface area contributed by atoms with Crippen LogP contribution in [0.15, 0.2) is 0 Å². The molecule has 0 heterocycles. The summed E-state index contributed by atoms with van der Waals surface area (Å²) in [5, 5.41) is 12.1. The highest BCUT2D eigenvalue weighted by Crippen LogP contribution is 2.12. The number of nitrogens with one attached hydrogen (secondary N) is 1. The molecule has 1 atom stereocenters. The molecule has 4 nitrogen and oxygen atoms in total. The smallest absolute Gasteiger partial charge is 0.103 e. The van der Waals surface area contributed by atoms with Crippen LogP contribution in [0.5, 0.6) is 0 Å². The summed E-state index contributed by atoms with van der Waals surface area (Å²) < 4.78 is 0. The van der Waals surface area contributed by atoms with Crippen LogP contribution < -0.4 is 5.32 Å². The SMILES string of the molecule is CNC(C)(C#N)CCCCN(C)CCN(C)C.